The Hall–Kier alpha value is -2.15. The Labute approximate surface area is 129 Å². The van der Waals surface area contributed by atoms with Gasteiger partial charge in [0.25, 0.3) is 0 Å². The summed E-state index contributed by atoms with van der Waals surface area (Å²) in [7, 11) is 0. The largest absolute Gasteiger partial charge is 0.378 e. The third-order valence-corrected chi connectivity index (χ3v) is 3.94. The summed E-state index contributed by atoms with van der Waals surface area (Å²) in [5.74, 6) is 0.694. The van der Waals surface area contributed by atoms with E-state index in [1.165, 1.54) is 0 Å². The quantitative estimate of drug-likeness (QED) is 0.806. The minimum absolute atomic E-state index is 0.0597. The summed E-state index contributed by atoms with van der Waals surface area (Å²) >= 11 is 0. The minimum atomic E-state index is -0.406. The summed E-state index contributed by atoms with van der Waals surface area (Å²) in [6.45, 7) is 3.39. The molecule has 2 N–H and O–H groups in total. The number of carbonyl (C=O) groups excluding carboxylic acids is 2. The van der Waals surface area contributed by atoms with Crippen LogP contribution in [-0.4, -0.2) is 49.1 Å². The Morgan fingerprint density at radius 2 is 2.27 bits per heavy atom. The molecule has 0 radical (unpaired) electrons. The molecule has 2 fully saturated rings. The van der Waals surface area contributed by atoms with Gasteiger partial charge >= 0.3 is 0 Å². The standard InChI is InChI=1S/C15H20N4O3/c20-13-4-3-12(18-13)15(21)17-10-11-2-1-5-16-14(11)19-6-8-22-9-7-19/h1-2,5,12H,3-4,6-10H2,(H,17,21)(H,18,20)/t12-/m1/s1. The number of nitrogens with one attached hydrogen (secondary N) is 2. The van der Waals surface area contributed by atoms with Crippen molar-refractivity contribution < 1.29 is 14.3 Å². The lowest BCUT2D eigenvalue weighted by molar-refractivity contribution is -0.125. The topological polar surface area (TPSA) is 83.6 Å². The van der Waals surface area contributed by atoms with E-state index in [1.807, 2.05) is 12.1 Å². The van der Waals surface area contributed by atoms with Gasteiger partial charge in [0.2, 0.25) is 11.8 Å². The van der Waals surface area contributed by atoms with Gasteiger partial charge in [-0.25, -0.2) is 4.98 Å². The number of hydrogen-bond acceptors (Lipinski definition) is 5. The van der Waals surface area contributed by atoms with Crippen LogP contribution in [0.1, 0.15) is 18.4 Å². The Morgan fingerprint density at radius 3 is 3.00 bits per heavy atom. The van der Waals surface area contributed by atoms with Crippen molar-refractivity contribution in [1.29, 1.82) is 0 Å². The fourth-order valence-electron chi connectivity index (χ4n) is 2.74. The summed E-state index contributed by atoms with van der Waals surface area (Å²) in [6.07, 6.45) is 2.74. The molecule has 7 heteroatoms. The molecule has 3 rings (SSSR count). The summed E-state index contributed by atoms with van der Waals surface area (Å²) in [6, 6.07) is 3.42. The van der Waals surface area contributed by atoms with Crippen molar-refractivity contribution in [2.75, 3.05) is 31.2 Å². The van der Waals surface area contributed by atoms with Crippen molar-refractivity contribution in [3.05, 3.63) is 23.9 Å². The van der Waals surface area contributed by atoms with E-state index < -0.39 is 6.04 Å². The highest BCUT2D eigenvalue weighted by Gasteiger charge is 2.27. The highest BCUT2D eigenvalue weighted by atomic mass is 16.5. The number of morpholine rings is 1. The second kappa shape index (κ2) is 6.74. The van der Waals surface area contributed by atoms with E-state index in [1.54, 1.807) is 6.20 Å². The molecule has 0 spiro atoms. The number of aromatic nitrogens is 1. The van der Waals surface area contributed by atoms with Crippen LogP contribution in [-0.2, 0) is 20.9 Å². The molecule has 0 bridgehead atoms. The third-order valence-electron chi connectivity index (χ3n) is 3.94. The molecule has 7 nitrogen and oxygen atoms in total. The monoisotopic (exact) mass is 304 g/mol. The Morgan fingerprint density at radius 1 is 1.45 bits per heavy atom. The maximum absolute atomic E-state index is 12.1. The molecule has 0 aromatic carbocycles. The van der Waals surface area contributed by atoms with Crippen LogP contribution in [0.5, 0.6) is 0 Å². The molecule has 0 aliphatic carbocycles. The van der Waals surface area contributed by atoms with E-state index in [4.69, 9.17) is 4.74 Å². The van der Waals surface area contributed by atoms with Crippen molar-refractivity contribution in [2.24, 2.45) is 0 Å². The molecule has 0 unspecified atom stereocenters. The van der Waals surface area contributed by atoms with Crippen molar-refractivity contribution >= 4 is 17.6 Å². The second-order valence-corrected chi connectivity index (χ2v) is 5.46. The molecule has 2 aliphatic rings. The van der Waals surface area contributed by atoms with Gasteiger partial charge in [-0.05, 0) is 12.5 Å². The first-order chi connectivity index (χ1) is 10.7. The average Bonchev–Trinajstić information content (AvgIpc) is 3.00. The zero-order chi connectivity index (χ0) is 15.4. The van der Waals surface area contributed by atoms with Gasteiger partial charge in [0.1, 0.15) is 11.9 Å². The summed E-state index contributed by atoms with van der Waals surface area (Å²) in [4.78, 5) is 29.9. The van der Waals surface area contributed by atoms with Crippen LogP contribution in [0, 0.1) is 0 Å². The molecular formula is C15H20N4O3. The molecule has 3 heterocycles. The molecular weight excluding hydrogens is 284 g/mol. The van der Waals surface area contributed by atoms with Crippen molar-refractivity contribution in [2.45, 2.75) is 25.4 Å². The number of nitrogens with zero attached hydrogens (tertiary/aromatic N) is 2. The summed E-state index contributed by atoms with van der Waals surface area (Å²) in [5.41, 5.74) is 0.974. The van der Waals surface area contributed by atoms with E-state index in [0.29, 0.717) is 32.6 Å². The molecule has 2 amide bonds. The molecule has 22 heavy (non-hydrogen) atoms. The lowest BCUT2D eigenvalue weighted by Gasteiger charge is -2.29. The summed E-state index contributed by atoms with van der Waals surface area (Å²) < 4.78 is 5.36. The number of pyridine rings is 1. The van der Waals surface area contributed by atoms with Gasteiger partial charge < -0.3 is 20.3 Å². The first-order valence-electron chi connectivity index (χ1n) is 7.58. The van der Waals surface area contributed by atoms with Crippen LogP contribution in [0.25, 0.3) is 0 Å². The zero-order valence-electron chi connectivity index (χ0n) is 12.4. The van der Waals surface area contributed by atoms with Gasteiger partial charge in [0.05, 0.1) is 13.2 Å². The van der Waals surface area contributed by atoms with Gasteiger partial charge in [0, 0.05) is 37.8 Å². The third kappa shape index (κ3) is 3.36. The van der Waals surface area contributed by atoms with E-state index >= 15 is 0 Å². The van der Waals surface area contributed by atoms with Crippen molar-refractivity contribution in [3.8, 4) is 0 Å². The van der Waals surface area contributed by atoms with Crippen LogP contribution in [0.4, 0.5) is 5.82 Å². The molecule has 1 atom stereocenters. The van der Waals surface area contributed by atoms with Crippen molar-refractivity contribution in [3.63, 3.8) is 0 Å². The van der Waals surface area contributed by atoms with E-state index in [9.17, 15) is 9.59 Å². The lowest BCUT2D eigenvalue weighted by atomic mass is 10.2. The smallest absolute Gasteiger partial charge is 0.242 e. The Kier molecular flexibility index (Phi) is 4.53. The molecule has 2 aliphatic heterocycles. The summed E-state index contributed by atoms with van der Waals surface area (Å²) in [5, 5.41) is 5.56. The van der Waals surface area contributed by atoms with Gasteiger partial charge in [-0.2, -0.15) is 0 Å². The molecule has 0 saturated carbocycles. The molecule has 118 valence electrons. The molecule has 1 aromatic heterocycles. The van der Waals surface area contributed by atoms with Gasteiger partial charge in [-0.1, -0.05) is 6.07 Å². The average molecular weight is 304 g/mol. The number of ether oxygens (including phenoxy) is 1. The maximum Gasteiger partial charge on any atom is 0.242 e. The molecule has 1 aromatic rings. The lowest BCUT2D eigenvalue weighted by Crippen LogP contribution is -2.42. The van der Waals surface area contributed by atoms with Gasteiger partial charge in [0.15, 0.2) is 0 Å². The van der Waals surface area contributed by atoms with Crippen LogP contribution in [0.15, 0.2) is 18.3 Å². The SMILES string of the molecule is O=C1CC[C@H](C(=O)NCc2cccnc2N2CCOCC2)N1. The number of carbonyl (C=O) groups is 2. The molecule has 2 saturated heterocycles. The Balaban J connectivity index is 1.62. The van der Waals surface area contributed by atoms with E-state index in [-0.39, 0.29) is 11.8 Å². The second-order valence-electron chi connectivity index (χ2n) is 5.46. The Bertz CT molecular complexity index is 557. The van der Waals surface area contributed by atoms with E-state index in [2.05, 4.69) is 20.5 Å². The predicted octanol–water partition coefficient (Wildman–Crippen LogP) is -0.187. The number of amides is 2. The van der Waals surface area contributed by atoms with Gasteiger partial charge in [-0.15, -0.1) is 0 Å². The zero-order valence-corrected chi connectivity index (χ0v) is 12.4. The number of hydrogen-bond donors (Lipinski definition) is 2. The van der Waals surface area contributed by atoms with Crippen molar-refractivity contribution in [1.82, 2.24) is 15.6 Å². The first-order valence-corrected chi connectivity index (χ1v) is 7.58. The van der Waals surface area contributed by atoms with E-state index in [0.717, 1.165) is 24.5 Å². The predicted molar refractivity (Wildman–Crippen MR) is 80.3 cm³/mol. The fourth-order valence-corrected chi connectivity index (χ4v) is 2.74. The van der Waals surface area contributed by atoms with Crippen LogP contribution in [0.2, 0.25) is 0 Å². The van der Waals surface area contributed by atoms with Crippen LogP contribution >= 0.6 is 0 Å². The first kappa shape index (κ1) is 14.8. The van der Waals surface area contributed by atoms with Crippen LogP contribution < -0.4 is 15.5 Å². The number of rotatable bonds is 4. The normalized spacial score (nSPS) is 21.5. The minimum Gasteiger partial charge on any atom is -0.378 e. The van der Waals surface area contributed by atoms with Gasteiger partial charge in [-0.3, -0.25) is 9.59 Å². The number of anilines is 1. The highest BCUT2D eigenvalue weighted by Crippen LogP contribution is 2.18. The fraction of sp³-hybridized carbons (Fsp3) is 0.533. The highest BCUT2D eigenvalue weighted by molar-refractivity contribution is 5.90. The maximum atomic E-state index is 12.1. The van der Waals surface area contributed by atoms with Crippen LogP contribution in [0.3, 0.4) is 0 Å².